The maximum absolute atomic E-state index is 12.2. The second-order valence-corrected chi connectivity index (χ2v) is 8.41. The smallest absolute Gasteiger partial charge is 0.225 e. The number of nitrogens with zero attached hydrogens (tertiary/aromatic N) is 1. The first-order chi connectivity index (χ1) is 12.8. The van der Waals surface area contributed by atoms with Gasteiger partial charge in [0.25, 0.3) is 0 Å². The Morgan fingerprint density at radius 1 is 1.04 bits per heavy atom. The largest absolute Gasteiger partial charge is 0.326 e. The summed E-state index contributed by atoms with van der Waals surface area (Å²) in [6, 6.07) is 11.9. The van der Waals surface area contributed by atoms with Gasteiger partial charge in [0.2, 0.25) is 5.91 Å². The van der Waals surface area contributed by atoms with Crippen molar-refractivity contribution in [2.75, 3.05) is 11.1 Å². The van der Waals surface area contributed by atoms with Crippen molar-refractivity contribution in [3.8, 4) is 0 Å². The summed E-state index contributed by atoms with van der Waals surface area (Å²) in [5, 5.41) is 5.71. The molecule has 0 fully saturated rings. The number of carbonyl (C=O) groups excluding carboxylic acids is 1. The highest BCUT2D eigenvalue weighted by molar-refractivity contribution is 7.99. The molecule has 0 radical (unpaired) electrons. The monoisotopic (exact) mass is 398 g/mol. The zero-order chi connectivity index (χ0) is 19.6. The Labute approximate surface area is 169 Å². The van der Waals surface area contributed by atoms with Crippen molar-refractivity contribution in [3.63, 3.8) is 0 Å². The SMILES string of the molecule is Cc1cc(C)c2nc(SCCC(=O)Nc3cc(Cl)ccc3C)cc(C)c2c1. The summed E-state index contributed by atoms with van der Waals surface area (Å²) in [6.07, 6.45) is 0.419. The molecule has 1 N–H and O–H groups in total. The minimum Gasteiger partial charge on any atom is -0.326 e. The number of hydrogen-bond acceptors (Lipinski definition) is 3. The molecule has 1 heterocycles. The van der Waals surface area contributed by atoms with Gasteiger partial charge in [-0.15, -0.1) is 11.8 Å². The number of pyridine rings is 1. The molecule has 0 aliphatic heterocycles. The third-order valence-corrected chi connectivity index (χ3v) is 5.63. The number of thioether (sulfide) groups is 1. The van der Waals surface area contributed by atoms with E-state index in [2.05, 4.69) is 44.3 Å². The molecule has 3 aromatic rings. The number of anilines is 1. The lowest BCUT2D eigenvalue weighted by atomic mass is 10.0. The fourth-order valence-corrected chi connectivity index (χ4v) is 4.16. The molecule has 0 bridgehead atoms. The number of aryl methyl sites for hydroxylation is 4. The van der Waals surface area contributed by atoms with E-state index >= 15 is 0 Å². The molecule has 5 heteroatoms. The highest BCUT2D eigenvalue weighted by Gasteiger charge is 2.09. The molecule has 0 saturated heterocycles. The van der Waals surface area contributed by atoms with E-state index in [0.717, 1.165) is 21.8 Å². The Morgan fingerprint density at radius 2 is 1.81 bits per heavy atom. The summed E-state index contributed by atoms with van der Waals surface area (Å²) in [5.41, 5.74) is 6.46. The Bertz CT molecular complexity index is 1020. The van der Waals surface area contributed by atoms with E-state index in [0.29, 0.717) is 17.2 Å². The summed E-state index contributed by atoms with van der Waals surface area (Å²) >= 11 is 7.62. The summed E-state index contributed by atoms with van der Waals surface area (Å²) in [7, 11) is 0. The number of carbonyl (C=O) groups is 1. The minimum atomic E-state index is -0.0165. The van der Waals surface area contributed by atoms with Gasteiger partial charge in [0.15, 0.2) is 0 Å². The molecule has 3 rings (SSSR count). The van der Waals surface area contributed by atoms with Crippen LogP contribution < -0.4 is 5.32 Å². The van der Waals surface area contributed by atoms with Crippen molar-refractivity contribution < 1.29 is 4.79 Å². The Hall–Kier alpha value is -2.04. The van der Waals surface area contributed by atoms with Crippen molar-refractivity contribution in [2.24, 2.45) is 0 Å². The van der Waals surface area contributed by atoms with Crippen LogP contribution in [-0.4, -0.2) is 16.6 Å². The van der Waals surface area contributed by atoms with Crippen LogP contribution in [0.5, 0.6) is 0 Å². The standard InChI is InChI=1S/C22H23ClN2OS/c1-13-9-16(4)22-18(10-13)15(3)11-21(25-22)27-8-7-20(26)24-19-12-17(23)6-5-14(19)2/h5-6,9-12H,7-8H2,1-4H3,(H,24,26). The fraction of sp³-hybridized carbons (Fsp3) is 0.273. The minimum absolute atomic E-state index is 0.0165. The van der Waals surface area contributed by atoms with Crippen molar-refractivity contribution in [1.29, 1.82) is 0 Å². The fourth-order valence-electron chi connectivity index (χ4n) is 3.08. The lowest BCUT2D eigenvalue weighted by molar-refractivity contribution is -0.115. The zero-order valence-corrected chi connectivity index (χ0v) is 17.6. The number of benzene rings is 2. The van der Waals surface area contributed by atoms with Gasteiger partial charge in [-0.25, -0.2) is 4.98 Å². The number of fused-ring (bicyclic) bond motifs is 1. The molecule has 1 aromatic heterocycles. The molecular formula is C22H23ClN2OS. The van der Waals surface area contributed by atoms with Crippen molar-refractivity contribution in [2.45, 2.75) is 39.1 Å². The number of halogens is 1. The Morgan fingerprint density at radius 3 is 2.59 bits per heavy atom. The number of amides is 1. The third-order valence-electron chi connectivity index (χ3n) is 4.48. The molecular weight excluding hydrogens is 376 g/mol. The quantitative estimate of drug-likeness (QED) is 0.517. The second kappa shape index (κ2) is 8.32. The van der Waals surface area contributed by atoms with Crippen molar-refractivity contribution in [3.05, 3.63) is 63.7 Å². The van der Waals surface area contributed by atoms with Crippen LogP contribution in [0.1, 0.15) is 28.7 Å². The molecule has 140 valence electrons. The average Bonchev–Trinajstić information content (AvgIpc) is 2.59. The van der Waals surface area contributed by atoms with Crippen LogP contribution >= 0.6 is 23.4 Å². The van der Waals surface area contributed by atoms with Gasteiger partial charge in [0.05, 0.1) is 10.5 Å². The van der Waals surface area contributed by atoms with E-state index in [4.69, 9.17) is 16.6 Å². The van der Waals surface area contributed by atoms with E-state index in [1.54, 1.807) is 17.8 Å². The van der Waals surface area contributed by atoms with E-state index in [1.807, 2.05) is 19.1 Å². The Kier molecular flexibility index (Phi) is 6.08. The van der Waals surface area contributed by atoms with Crippen molar-refractivity contribution in [1.82, 2.24) is 4.98 Å². The molecule has 0 saturated carbocycles. The molecule has 0 aliphatic carbocycles. The van der Waals surface area contributed by atoms with E-state index in [1.165, 1.54) is 22.1 Å². The van der Waals surface area contributed by atoms with Gasteiger partial charge in [-0.05, 0) is 68.7 Å². The molecule has 0 spiro atoms. The van der Waals surface area contributed by atoms with Gasteiger partial charge in [0, 0.05) is 28.3 Å². The van der Waals surface area contributed by atoms with Gasteiger partial charge in [-0.3, -0.25) is 4.79 Å². The summed E-state index contributed by atoms with van der Waals surface area (Å²) in [4.78, 5) is 17.0. The highest BCUT2D eigenvalue weighted by Crippen LogP contribution is 2.27. The summed E-state index contributed by atoms with van der Waals surface area (Å²) < 4.78 is 0. The van der Waals surface area contributed by atoms with Crippen LogP contribution in [0.25, 0.3) is 10.9 Å². The van der Waals surface area contributed by atoms with Crippen LogP contribution in [0, 0.1) is 27.7 Å². The van der Waals surface area contributed by atoms with Crippen LogP contribution in [-0.2, 0) is 4.79 Å². The molecule has 0 unspecified atom stereocenters. The van der Waals surface area contributed by atoms with Gasteiger partial charge in [-0.1, -0.05) is 29.3 Å². The number of aromatic nitrogens is 1. The normalized spacial score (nSPS) is 11.0. The first-order valence-electron chi connectivity index (χ1n) is 8.91. The number of nitrogens with one attached hydrogen (secondary N) is 1. The third kappa shape index (κ3) is 4.82. The van der Waals surface area contributed by atoms with Gasteiger partial charge in [0.1, 0.15) is 0 Å². The number of rotatable bonds is 5. The maximum atomic E-state index is 12.2. The first kappa shape index (κ1) is 19.7. The van der Waals surface area contributed by atoms with E-state index < -0.39 is 0 Å². The second-order valence-electron chi connectivity index (χ2n) is 6.86. The molecule has 27 heavy (non-hydrogen) atoms. The maximum Gasteiger partial charge on any atom is 0.225 e. The summed E-state index contributed by atoms with van der Waals surface area (Å²) in [5.74, 6) is 0.658. The van der Waals surface area contributed by atoms with Crippen LogP contribution in [0.15, 0.2) is 41.4 Å². The Balaban J connectivity index is 1.65. The molecule has 0 aliphatic rings. The highest BCUT2D eigenvalue weighted by atomic mass is 35.5. The molecule has 3 nitrogen and oxygen atoms in total. The molecule has 0 atom stereocenters. The van der Waals surface area contributed by atoms with Crippen LogP contribution in [0.3, 0.4) is 0 Å². The first-order valence-corrected chi connectivity index (χ1v) is 10.3. The predicted octanol–water partition coefficient (Wildman–Crippen LogP) is 6.24. The predicted molar refractivity (Wildman–Crippen MR) is 116 cm³/mol. The van der Waals surface area contributed by atoms with Gasteiger partial charge in [-0.2, -0.15) is 0 Å². The van der Waals surface area contributed by atoms with Crippen LogP contribution in [0.4, 0.5) is 5.69 Å². The van der Waals surface area contributed by atoms with E-state index in [9.17, 15) is 4.79 Å². The molecule has 2 aromatic carbocycles. The van der Waals surface area contributed by atoms with Gasteiger partial charge < -0.3 is 5.32 Å². The van der Waals surface area contributed by atoms with Crippen LogP contribution in [0.2, 0.25) is 5.02 Å². The van der Waals surface area contributed by atoms with Crippen molar-refractivity contribution >= 4 is 45.9 Å². The van der Waals surface area contributed by atoms with E-state index in [-0.39, 0.29) is 5.91 Å². The summed E-state index contributed by atoms with van der Waals surface area (Å²) in [6.45, 7) is 8.26. The zero-order valence-electron chi connectivity index (χ0n) is 16.0. The average molecular weight is 399 g/mol. The lowest BCUT2D eigenvalue weighted by Gasteiger charge is -2.10. The number of hydrogen-bond donors (Lipinski definition) is 1. The lowest BCUT2D eigenvalue weighted by Crippen LogP contribution is -2.13. The topological polar surface area (TPSA) is 42.0 Å². The van der Waals surface area contributed by atoms with Gasteiger partial charge >= 0.3 is 0 Å². The molecule has 1 amide bonds.